The molecule has 1 aliphatic heterocycles. The van der Waals surface area contributed by atoms with Crippen molar-refractivity contribution in [3.8, 4) is 0 Å². The highest BCUT2D eigenvalue weighted by atomic mass is 16.7. The molecule has 1 heterocycles. The van der Waals surface area contributed by atoms with Crippen LogP contribution in [0, 0.1) is 0 Å². The van der Waals surface area contributed by atoms with Crippen LogP contribution in [0.5, 0.6) is 0 Å². The number of hydrogen-bond donors (Lipinski definition) is 0. The molecule has 1 fully saturated rings. The van der Waals surface area contributed by atoms with Crippen LogP contribution in [-0.4, -0.2) is 49.1 Å². The number of carbonyl (C=O) groups excluding carboxylic acids is 3. The molecule has 21 heavy (non-hydrogen) atoms. The number of nitrogens with zero attached hydrogens (tertiary/aromatic N) is 3. The third-order valence-electron chi connectivity index (χ3n) is 2.51. The standard InChI is InChI=1S/C11H15N3O7/c1-5(15)18-4-8-9(19-6(2)16)10(20-7(3)17)11(21-8)13-14-12/h8-11H,4H2,1-3H3/t8?,9-,10-,11?/m1/s1. The van der Waals surface area contributed by atoms with Gasteiger partial charge < -0.3 is 18.9 Å². The molecule has 2 unspecified atom stereocenters. The van der Waals surface area contributed by atoms with E-state index in [1.807, 2.05) is 0 Å². The number of carbonyl (C=O) groups is 3. The van der Waals surface area contributed by atoms with Gasteiger partial charge >= 0.3 is 17.9 Å². The van der Waals surface area contributed by atoms with Gasteiger partial charge in [-0.05, 0) is 5.53 Å². The minimum Gasteiger partial charge on any atom is -0.463 e. The van der Waals surface area contributed by atoms with Gasteiger partial charge in [0.05, 0.1) is 0 Å². The van der Waals surface area contributed by atoms with E-state index >= 15 is 0 Å². The number of ether oxygens (including phenoxy) is 4. The molecule has 0 bridgehead atoms. The molecule has 10 nitrogen and oxygen atoms in total. The average molecular weight is 301 g/mol. The van der Waals surface area contributed by atoms with Gasteiger partial charge in [0.15, 0.2) is 18.4 Å². The molecule has 116 valence electrons. The Labute approximate surface area is 119 Å². The average Bonchev–Trinajstić information content (AvgIpc) is 2.65. The van der Waals surface area contributed by atoms with Crippen molar-refractivity contribution < 1.29 is 33.3 Å². The highest BCUT2D eigenvalue weighted by Gasteiger charge is 2.49. The van der Waals surface area contributed by atoms with Gasteiger partial charge in [-0.3, -0.25) is 14.4 Å². The lowest BCUT2D eigenvalue weighted by Crippen LogP contribution is -2.40. The fraction of sp³-hybridized carbons (Fsp3) is 0.727. The van der Waals surface area contributed by atoms with E-state index < -0.39 is 42.4 Å². The summed E-state index contributed by atoms with van der Waals surface area (Å²) in [5, 5.41) is 3.34. The van der Waals surface area contributed by atoms with E-state index in [-0.39, 0.29) is 6.61 Å². The second-order valence-corrected chi connectivity index (χ2v) is 4.22. The minimum atomic E-state index is -1.18. The zero-order valence-corrected chi connectivity index (χ0v) is 11.7. The van der Waals surface area contributed by atoms with Gasteiger partial charge in [-0.2, -0.15) is 0 Å². The Bertz CT molecular complexity index is 474. The molecule has 0 spiro atoms. The van der Waals surface area contributed by atoms with Gasteiger partial charge in [-0.1, -0.05) is 5.11 Å². The minimum absolute atomic E-state index is 0.234. The van der Waals surface area contributed by atoms with E-state index in [1.165, 1.54) is 6.92 Å². The Morgan fingerprint density at radius 3 is 2.14 bits per heavy atom. The summed E-state index contributed by atoms with van der Waals surface area (Å²) >= 11 is 0. The first-order valence-electron chi connectivity index (χ1n) is 6.02. The van der Waals surface area contributed by atoms with Crippen molar-refractivity contribution in [2.75, 3.05) is 6.61 Å². The summed E-state index contributed by atoms with van der Waals surface area (Å²) in [6, 6.07) is 0. The van der Waals surface area contributed by atoms with Crippen LogP contribution in [0.2, 0.25) is 0 Å². The van der Waals surface area contributed by atoms with Crippen molar-refractivity contribution in [2.45, 2.75) is 45.3 Å². The number of hydrogen-bond acceptors (Lipinski definition) is 8. The summed E-state index contributed by atoms with van der Waals surface area (Å²) in [5.41, 5.74) is 8.50. The zero-order valence-electron chi connectivity index (χ0n) is 11.7. The van der Waals surface area contributed by atoms with Gasteiger partial charge in [0.2, 0.25) is 0 Å². The maximum Gasteiger partial charge on any atom is 0.303 e. The quantitative estimate of drug-likeness (QED) is 0.236. The molecule has 1 rings (SSSR count). The lowest BCUT2D eigenvalue weighted by molar-refractivity contribution is -0.165. The first kappa shape index (κ1) is 16.7. The topological polar surface area (TPSA) is 137 Å². The third kappa shape index (κ3) is 4.93. The Morgan fingerprint density at radius 1 is 1.10 bits per heavy atom. The fourth-order valence-corrected chi connectivity index (χ4v) is 1.84. The van der Waals surface area contributed by atoms with Crippen LogP contribution in [0.25, 0.3) is 10.4 Å². The molecule has 0 aromatic rings. The first-order valence-corrected chi connectivity index (χ1v) is 6.02. The molecule has 0 amide bonds. The van der Waals surface area contributed by atoms with Gasteiger partial charge in [0.25, 0.3) is 0 Å². The van der Waals surface area contributed by atoms with Gasteiger partial charge in [-0.15, -0.1) is 0 Å². The second-order valence-electron chi connectivity index (χ2n) is 4.22. The molecule has 1 aliphatic rings. The molecule has 0 radical (unpaired) electrons. The summed E-state index contributed by atoms with van der Waals surface area (Å²) in [7, 11) is 0. The molecule has 0 aromatic heterocycles. The van der Waals surface area contributed by atoms with E-state index in [4.69, 9.17) is 24.5 Å². The van der Waals surface area contributed by atoms with Gasteiger partial charge in [-0.25, -0.2) is 0 Å². The van der Waals surface area contributed by atoms with Crippen molar-refractivity contribution >= 4 is 17.9 Å². The molecule has 0 aromatic carbocycles. The van der Waals surface area contributed by atoms with Gasteiger partial charge in [0, 0.05) is 25.7 Å². The summed E-state index contributed by atoms with van der Waals surface area (Å²) in [6.45, 7) is 3.28. The van der Waals surface area contributed by atoms with Crippen molar-refractivity contribution in [2.24, 2.45) is 5.11 Å². The third-order valence-corrected chi connectivity index (χ3v) is 2.51. The van der Waals surface area contributed by atoms with E-state index in [9.17, 15) is 14.4 Å². The van der Waals surface area contributed by atoms with Crippen LogP contribution in [-0.2, 0) is 33.3 Å². The summed E-state index contributed by atoms with van der Waals surface area (Å²) < 4.78 is 20.1. The summed E-state index contributed by atoms with van der Waals surface area (Å²) in [5.74, 6) is -1.86. The normalized spacial score (nSPS) is 27.4. The molecule has 4 atom stereocenters. The maximum absolute atomic E-state index is 11.1. The van der Waals surface area contributed by atoms with Crippen LogP contribution in [0.4, 0.5) is 0 Å². The molecule has 10 heteroatoms. The predicted octanol–water partition coefficient (Wildman–Crippen LogP) is 0.448. The smallest absolute Gasteiger partial charge is 0.303 e. The SMILES string of the molecule is CC(=O)OCC1OC(N=[N+]=[N-])[C@H](OC(C)=O)[C@@H]1OC(C)=O. The Hall–Kier alpha value is -2.32. The van der Waals surface area contributed by atoms with E-state index in [2.05, 4.69) is 10.0 Å². The van der Waals surface area contributed by atoms with E-state index in [0.717, 1.165) is 13.8 Å². The van der Waals surface area contributed by atoms with Crippen LogP contribution in [0.1, 0.15) is 20.8 Å². The Balaban J connectivity index is 2.95. The highest BCUT2D eigenvalue weighted by molar-refractivity contribution is 5.68. The molecular weight excluding hydrogens is 286 g/mol. The Morgan fingerprint density at radius 2 is 1.67 bits per heavy atom. The molecular formula is C11H15N3O7. The molecule has 0 saturated carbocycles. The number of azide groups is 1. The van der Waals surface area contributed by atoms with Crippen LogP contribution < -0.4 is 0 Å². The zero-order chi connectivity index (χ0) is 16.0. The van der Waals surface area contributed by atoms with Crippen molar-refractivity contribution in [3.63, 3.8) is 0 Å². The first-order chi connectivity index (χ1) is 9.85. The van der Waals surface area contributed by atoms with Gasteiger partial charge in [0.1, 0.15) is 12.7 Å². The monoisotopic (exact) mass is 301 g/mol. The van der Waals surface area contributed by atoms with Crippen molar-refractivity contribution in [1.82, 2.24) is 0 Å². The highest BCUT2D eigenvalue weighted by Crippen LogP contribution is 2.28. The largest absolute Gasteiger partial charge is 0.463 e. The molecule has 0 aliphatic carbocycles. The fourth-order valence-electron chi connectivity index (χ4n) is 1.84. The second kappa shape index (κ2) is 7.46. The van der Waals surface area contributed by atoms with Crippen LogP contribution in [0.3, 0.4) is 0 Å². The molecule has 1 saturated heterocycles. The maximum atomic E-state index is 11.1. The lowest BCUT2D eigenvalue weighted by Gasteiger charge is -2.22. The Kier molecular flexibility index (Phi) is 5.94. The lowest BCUT2D eigenvalue weighted by atomic mass is 10.1. The molecule has 0 N–H and O–H groups in total. The van der Waals surface area contributed by atoms with Crippen LogP contribution in [0.15, 0.2) is 5.11 Å². The van der Waals surface area contributed by atoms with Crippen molar-refractivity contribution in [1.29, 1.82) is 0 Å². The van der Waals surface area contributed by atoms with E-state index in [0.29, 0.717) is 0 Å². The van der Waals surface area contributed by atoms with Crippen molar-refractivity contribution in [3.05, 3.63) is 10.4 Å². The summed E-state index contributed by atoms with van der Waals surface area (Å²) in [4.78, 5) is 35.7. The summed E-state index contributed by atoms with van der Waals surface area (Å²) in [6.07, 6.45) is -4.23. The number of rotatable bonds is 5. The van der Waals surface area contributed by atoms with Crippen LogP contribution >= 0.6 is 0 Å². The van der Waals surface area contributed by atoms with E-state index in [1.54, 1.807) is 0 Å². The number of esters is 3. The predicted molar refractivity (Wildman–Crippen MR) is 65.5 cm³/mol.